The maximum atomic E-state index is 11.3. The number of carboxylic acid groups (broad SMARTS) is 1. The highest BCUT2D eigenvalue weighted by molar-refractivity contribution is 5.79. The van der Waals surface area contributed by atoms with Gasteiger partial charge in [0, 0.05) is 12.6 Å². The van der Waals surface area contributed by atoms with Crippen molar-refractivity contribution in [2.24, 2.45) is 5.92 Å². The molecule has 1 fully saturated rings. The molecular weight excluding hydrogens is 234 g/mol. The first-order chi connectivity index (χ1) is 8.65. The van der Waals surface area contributed by atoms with Crippen molar-refractivity contribution in [2.45, 2.75) is 12.5 Å². The van der Waals surface area contributed by atoms with E-state index < -0.39 is 5.97 Å². The fourth-order valence-corrected chi connectivity index (χ4v) is 2.53. The number of H-pyrrole nitrogens is 2. The lowest BCUT2D eigenvalue weighted by molar-refractivity contribution is -0.141. The van der Waals surface area contributed by atoms with E-state index in [1.165, 1.54) is 0 Å². The van der Waals surface area contributed by atoms with Crippen LogP contribution in [0.1, 0.15) is 18.0 Å². The van der Waals surface area contributed by atoms with Gasteiger partial charge in [-0.25, -0.2) is 4.79 Å². The number of aromatic nitrogens is 2. The fourth-order valence-electron chi connectivity index (χ4n) is 2.53. The van der Waals surface area contributed by atoms with E-state index in [1.807, 2.05) is 18.2 Å². The minimum atomic E-state index is -0.778. The first kappa shape index (κ1) is 11.0. The van der Waals surface area contributed by atoms with Gasteiger partial charge in [0.05, 0.1) is 17.0 Å². The SMILES string of the molecule is O=C(O)C1CNC(c2cccc3[nH]c(=O)[nH]c23)C1. The summed E-state index contributed by atoms with van der Waals surface area (Å²) >= 11 is 0. The van der Waals surface area contributed by atoms with Gasteiger partial charge in [-0.3, -0.25) is 4.79 Å². The number of hydrogen-bond acceptors (Lipinski definition) is 3. The number of nitrogens with one attached hydrogen (secondary N) is 3. The number of imidazole rings is 1. The smallest absolute Gasteiger partial charge is 0.323 e. The van der Waals surface area contributed by atoms with Crippen LogP contribution in [0.2, 0.25) is 0 Å². The summed E-state index contributed by atoms with van der Waals surface area (Å²) < 4.78 is 0. The standard InChI is InChI=1S/C12H13N3O3/c16-11(17)6-4-9(13-5-6)7-2-1-3-8-10(7)15-12(18)14-8/h1-3,6,9,13H,4-5H2,(H,16,17)(H2,14,15,18). The first-order valence-corrected chi connectivity index (χ1v) is 5.82. The van der Waals surface area contributed by atoms with Crippen LogP contribution in [0, 0.1) is 5.92 Å². The number of hydrogen-bond donors (Lipinski definition) is 4. The highest BCUT2D eigenvalue weighted by Gasteiger charge is 2.31. The molecule has 4 N–H and O–H groups in total. The molecule has 0 aliphatic carbocycles. The molecular formula is C12H13N3O3. The summed E-state index contributed by atoms with van der Waals surface area (Å²) in [6, 6.07) is 5.56. The Hall–Kier alpha value is -2.08. The Kier molecular flexibility index (Phi) is 2.45. The summed E-state index contributed by atoms with van der Waals surface area (Å²) in [5.41, 5.74) is 2.20. The molecule has 2 unspecified atom stereocenters. The minimum absolute atomic E-state index is 0.0266. The van der Waals surface area contributed by atoms with Gasteiger partial charge in [-0.15, -0.1) is 0 Å². The Morgan fingerprint density at radius 1 is 1.33 bits per heavy atom. The van der Waals surface area contributed by atoms with E-state index in [0.717, 1.165) is 16.6 Å². The van der Waals surface area contributed by atoms with Crippen molar-refractivity contribution < 1.29 is 9.90 Å². The third kappa shape index (κ3) is 1.70. The Labute approximate surface area is 102 Å². The van der Waals surface area contributed by atoms with Crippen LogP contribution in [-0.4, -0.2) is 27.6 Å². The van der Waals surface area contributed by atoms with Gasteiger partial charge in [-0.05, 0) is 18.1 Å². The molecule has 2 aromatic rings. The van der Waals surface area contributed by atoms with Crippen LogP contribution in [0.25, 0.3) is 11.0 Å². The molecule has 6 heteroatoms. The van der Waals surface area contributed by atoms with E-state index in [2.05, 4.69) is 15.3 Å². The summed E-state index contributed by atoms with van der Waals surface area (Å²) in [7, 11) is 0. The molecule has 18 heavy (non-hydrogen) atoms. The van der Waals surface area contributed by atoms with E-state index in [9.17, 15) is 9.59 Å². The zero-order chi connectivity index (χ0) is 12.7. The average Bonchev–Trinajstić information content (AvgIpc) is 2.92. The van der Waals surface area contributed by atoms with Crippen LogP contribution < -0.4 is 11.0 Å². The first-order valence-electron chi connectivity index (χ1n) is 5.82. The molecule has 0 bridgehead atoms. The number of rotatable bonds is 2. The molecule has 1 aliphatic rings. The van der Waals surface area contributed by atoms with Gasteiger partial charge in [0.25, 0.3) is 0 Å². The maximum Gasteiger partial charge on any atom is 0.323 e. The van der Waals surface area contributed by atoms with Crippen molar-refractivity contribution >= 4 is 17.0 Å². The van der Waals surface area contributed by atoms with Crippen molar-refractivity contribution in [1.29, 1.82) is 0 Å². The van der Waals surface area contributed by atoms with Gasteiger partial charge >= 0.3 is 11.7 Å². The molecule has 0 amide bonds. The number of fused-ring (bicyclic) bond motifs is 1. The van der Waals surface area contributed by atoms with Crippen LogP contribution in [-0.2, 0) is 4.79 Å². The molecule has 1 aromatic carbocycles. The lowest BCUT2D eigenvalue weighted by atomic mass is 9.99. The molecule has 94 valence electrons. The minimum Gasteiger partial charge on any atom is -0.481 e. The third-order valence-electron chi connectivity index (χ3n) is 3.44. The van der Waals surface area contributed by atoms with Crippen molar-refractivity contribution in [2.75, 3.05) is 6.54 Å². The van der Waals surface area contributed by atoms with Crippen molar-refractivity contribution in [3.8, 4) is 0 Å². The van der Waals surface area contributed by atoms with Crippen LogP contribution in [0.4, 0.5) is 0 Å². The molecule has 2 atom stereocenters. The van der Waals surface area contributed by atoms with Crippen molar-refractivity contribution in [3.63, 3.8) is 0 Å². The summed E-state index contributed by atoms with van der Waals surface area (Å²) in [5.74, 6) is -1.14. The maximum absolute atomic E-state index is 11.3. The normalized spacial score (nSPS) is 23.6. The molecule has 6 nitrogen and oxygen atoms in total. The number of para-hydroxylation sites is 1. The van der Waals surface area contributed by atoms with E-state index in [4.69, 9.17) is 5.11 Å². The Balaban J connectivity index is 2.00. The molecule has 0 spiro atoms. The van der Waals surface area contributed by atoms with Crippen LogP contribution in [0.3, 0.4) is 0 Å². The Bertz CT molecular complexity index is 658. The van der Waals surface area contributed by atoms with Crippen LogP contribution in [0.15, 0.2) is 23.0 Å². The molecule has 2 heterocycles. The lowest BCUT2D eigenvalue weighted by Gasteiger charge is -2.11. The predicted octanol–water partition coefficient (Wildman–Crippen LogP) is 0.591. The van der Waals surface area contributed by atoms with Gasteiger partial charge in [0.1, 0.15) is 0 Å². The lowest BCUT2D eigenvalue weighted by Crippen LogP contribution is -2.17. The summed E-state index contributed by atoms with van der Waals surface area (Å²) in [6.45, 7) is 0.463. The second-order valence-corrected chi connectivity index (χ2v) is 4.58. The van der Waals surface area contributed by atoms with Crippen LogP contribution >= 0.6 is 0 Å². The summed E-state index contributed by atoms with van der Waals surface area (Å²) in [4.78, 5) is 27.7. The van der Waals surface area contributed by atoms with E-state index >= 15 is 0 Å². The van der Waals surface area contributed by atoms with Gasteiger partial charge < -0.3 is 20.4 Å². The van der Waals surface area contributed by atoms with E-state index in [1.54, 1.807) is 0 Å². The number of aliphatic carboxylic acids is 1. The molecule has 1 aliphatic heterocycles. The monoisotopic (exact) mass is 247 g/mol. The van der Waals surface area contributed by atoms with Crippen LogP contribution in [0.5, 0.6) is 0 Å². The average molecular weight is 247 g/mol. The zero-order valence-electron chi connectivity index (χ0n) is 9.56. The highest BCUT2D eigenvalue weighted by atomic mass is 16.4. The van der Waals surface area contributed by atoms with Gasteiger partial charge in [0.15, 0.2) is 0 Å². The van der Waals surface area contributed by atoms with Crippen molar-refractivity contribution in [1.82, 2.24) is 15.3 Å². The second kappa shape index (κ2) is 3.99. The summed E-state index contributed by atoms with van der Waals surface area (Å²) in [6.07, 6.45) is 0.543. The summed E-state index contributed by atoms with van der Waals surface area (Å²) in [5, 5.41) is 12.2. The van der Waals surface area contributed by atoms with E-state index in [0.29, 0.717) is 13.0 Å². The van der Waals surface area contributed by atoms with Crippen molar-refractivity contribution in [3.05, 3.63) is 34.2 Å². The van der Waals surface area contributed by atoms with E-state index in [-0.39, 0.29) is 17.6 Å². The second-order valence-electron chi connectivity index (χ2n) is 4.58. The fraction of sp³-hybridized carbons (Fsp3) is 0.333. The zero-order valence-corrected chi connectivity index (χ0v) is 9.56. The van der Waals surface area contributed by atoms with Gasteiger partial charge in [-0.1, -0.05) is 12.1 Å². The number of benzene rings is 1. The topological polar surface area (TPSA) is 98.0 Å². The number of aromatic amines is 2. The molecule has 0 radical (unpaired) electrons. The third-order valence-corrected chi connectivity index (χ3v) is 3.44. The highest BCUT2D eigenvalue weighted by Crippen LogP contribution is 2.30. The van der Waals surface area contributed by atoms with Gasteiger partial charge in [0.2, 0.25) is 0 Å². The van der Waals surface area contributed by atoms with Gasteiger partial charge in [-0.2, -0.15) is 0 Å². The number of carbonyl (C=O) groups is 1. The quantitative estimate of drug-likeness (QED) is 0.624. The Morgan fingerprint density at radius 3 is 2.89 bits per heavy atom. The largest absolute Gasteiger partial charge is 0.481 e. The molecule has 1 aromatic heterocycles. The molecule has 0 saturated carbocycles. The predicted molar refractivity (Wildman–Crippen MR) is 65.4 cm³/mol. The molecule has 3 rings (SSSR count). The Morgan fingerprint density at radius 2 is 2.17 bits per heavy atom. The molecule has 1 saturated heterocycles. The number of carboxylic acids is 1.